The van der Waals surface area contributed by atoms with Crippen molar-refractivity contribution in [1.82, 2.24) is 0 Å². The monoisotopic (exact) mass is 260 g/mol. The van der Waals surface area contributed by atoms with Crippen molar-refractivity contribution < 1.29 is 19.0 Å². The summed E-state index contributed by atoms with van der Waals surface area (Å²) < 4.78 is 16.0. The van der Waals surface area contributed by atoms with Crippen LogP contribution >= 0.6 is 0 Å². The van der Waals surface area contributed by atoms with E-state index in [0.29, 0.717) is 24.7 Å². The smallest absolute Gasteiger partial charge is 0.316 e. The summed E-state index contributed by atoms with van der Waals surface area (Å²) in [5, 5.41) is 0. The molecule has 0 aliphatic carbocycles. The second-order valence-electron chi connectivity index (χ2n) is 4.76. The molecule has 0 radical (unpaired) electrons. The van der Waals surface area contributed by atoms with E-state index in [1.807, 2.05) is 12.1 Å². The third-order valence-electron chi connectivity index (χ3n) is 3.06. The van der Waals surface area contributed by atoms with Crippen LogP contribution in [0.3, 0.4) is 0 Å². The van der Waals surface area contributed by atoms with E-state index < -0.39 is 5.41 Å². The van der Waals surface area contributed by atoms with Gasteiger partial charge in [-0.25, -0.2) is 0 Å². The number of hydrogen-bond acceptors (Lipinski definition) is 4. The Bertz CT molecular complexity index is 525. The molecule has 4 heteroatoms. The Labute approximate surface area is 112 Å². The maximum atomic E-state index is 12.0. The van der Waals surface area contributed by atoms with Crippen LogP contribution in [0.25, 0.3) is 0 Å². The first kappa shape index (κ1) is 13.3. The molecular formula is C15H16O4. The van der Waals surface area contributed by atoms with Crippen LogP contribution in [0.5, 0.6) is 11.5 Å². The maximum absolute atomic E-state index is 12.0. The molecule has 1 aromatic rings. The Hall–Kier alpha value is -2.15. The van der Waals surface area contributed by atoms with E-state index in [1.165, 1.54) is 0 Å². The highest BCUT2D eigenvalue weighted by Gasteiger charge is 2.32. The van der Waals surface area contributed by atoms with Gasteiger partial charge in [0.2, 0.25) is 0 Å². The van der Waals surface area contributed by atoms with E-state index in [-0.39, 0.29) is 12.6 Å². The number of ether oxygens (including phenoxy) is 3. The average Bonchev–Trinajstić information content (AvgIpc) is 2.44. The molecule has 0 bridgehead atoms. The van der Waals surface area contributed by atoms with Gasteiger partial charge in [-0.05, 0) is 31.5 Å². The van der Waals surface area contributed by atoms with Crippen molar-refractivity contribution in [3.8, 4) is 23.8 Å². The fourth-order valence-electron chi connectivity index (χ4n) is 1.84. The average molecular weight is 260 g/mol. The number of hydrogen-bond donors (Lipinski definition) is 0. The lowest BCUT2D eigenvalue weighted by Gasteiger charge is -2.25. The van der Waals surface area contributed by atoms with Crippen LogP contribution in [0, 0.1) is 12.3 Å². The van der Waals surface area contributed by atoms with Crippen molar-refractivity contribution >= 4 is 5.97 Å². The number of fused-ring (bicyclic) bond motifs is 1. The number of benzene rings is 1. The highest BCUT2D eigenvalue weighted by atomic mass is 16.6. The van der Waals surface area contributed by atoms with Gasteiger partial charge >= 0.3 is 5.97 Å². The molecule has 0 saturated heterocycles. The predicted molar refractivity (Wildman–Crippen MR) is 70.3 cm³/mol. The summed E-state index contributed by atoms with van der Waals surface area (Å²) in [5.41, 5.74) is 0.0194. The lowest BCUT2D eigenvalue weighted by atomic mass is 9.84. The van der Waals surface area contributed by atoms with Gasteiger partial charge in [-0.2, -0.15) is 0 Å². The molecule has 0 aromatic heterocycles. The zero-order chi connectivity index (χ0) is 13.9. The number of carbonyl (C=O) groups is 1. The lowest BCUT2D eigenvalue weighted by molar-refractivity contribution is -0.147. The van der Waals surface area contributed by atoms with Crippen molar-refractivity contribution in [2.45, 2.75) is 19.3 Å². The van der Waals surface area contributed by atoms with Gasteiger partial charge in [0.25, 0.3) is 0 Å². The zero-order valence-corrected chi connectivity index (χ0v) is 11.1. The van der Waals surface area contributed by atoms with Gasteiger partial charge in [0.15, 0.2) is 18.1 Å². The number of carbonyl (C=O) groups excluding carboxylic acids is 1. The molecule has 0 saturated carbocycles. The summed E-state index contributed by atoms with van der Waals surface area (Å²) in [6.07, 6.45) is 5.09. The quantitative estimate of drug-likeness (QED) is 0.615. The fourth-order valence-corrected chi connectivity index (χ4v) is 1.84. The van der Waals surface area contributed by atoms with Crippen molar-refractivity contribution in [3.05, 3.63) is 23.8 Å². The van der Waals surface area contributed by atoms with E-state index in [0.717, 1.165) is 5.56 Å². The van der Waals surface area contributed by atoms with Gasteiger partial charge in [-0.15, -0.1) is 6.42 Å². The number of rotatable bonds is 3. The second-order valence-corrected chi connectivity index (χ2v) is 4.76. The fraction of sp³-hybridized carbons (Fsp3) is 0.400. The largest absolute Gasteiger partial charge is 0.486 e. The van der Waals surface area contributed by atoms with Gasteiger partial charge < -0.3 is 14.2 Å². The highest BCUT2D eigenvalue weighted by molar-refractivity contribution is 5.82. The Morgan fingerprint density at radius 2 is 2.05 bits per heavy atom. The first-order chi connectivity index (χ1) is 9.05. The van der Waals surface area contributed by atoms with Crippen LogP contribution < -0.4 is 9.47 Å². The molecule has 1 heterocycles. The normalized spacial score (nSPS) is 13.5. The molecule has 0 atom stereocenters. The summed E-state index contributed by atoms with van der Waals surface area (Å²) in [5.74, 6) is 3.28. The predicted octanol–water partition coefficient (Wildman–Crippen LogP) is 1.91. The van der Waals surface area contributed by atoms with Gasteiger partial charge in [-0.1, -0.05) is 12.0 Å². The molecule has 2 rings (SSSR count). The van der Waals surface area contributed by atoms with Crippen molar-refractivity contribution in [2.75, 3.05) is 19.8 Å². The molecule has 0 amide bonds. The lowest BCUT2D eigenvalue weighted by Crippen LogP contribution is -2.31. The van der Waals surface area contributed by atoms with Gasteiger partial charge in [0.1, 0.15) is 13.2 Å². The minimum atomic E-state index is -0.785. The van der Waals surface area contributed by atoms with Crippen LogP contribution in [-0.4, -0.2) is 25.8 Å². The van der Waals surface area contributed by atoms with E-state index in [4.69, 9.17) is 20.6 Å². The SMILES string of the molecule is C#CCOC(=O)C(C)(C)c1ccc2c(c1)OCCO2. The highest BCUT2D eigenvalue weighted by Crippen LogP contribution is 2.35. The molecule has 0 N–H and O–H groups in total. The first-order valence-electron chi connectivity index (χ1n) is 6.06. The van der Waals surface area contributed by atoms with Gasteiger partial charge in [-0.3, -0.25) is 4.79 Å². The van der Waals surface area contributed by atoms with Crippen LogP contribution in [0.4, 0.5) is 0 Å². The summed E-state index contributed by atoms with van der Waals surface area (Å²) in [6.45, 7) is 4.61. The maximum Gasteiger partial charge on any atom is 0.316 e. The molecule has 4 nitrogen and oxygen atoms in total. The van der Waals surface area contributed by atoms with Crippen LogP contribution in [-0.2, 0) is 14.9 Å². The molecule has 1 aromatic carbocycles. The first-order valence-corrected chi connectivity index (χ1v) is 6.06. The minimum absolute atomic E-state index is 0.0210. The second kappa shape index (κ2) is 5.23. The molecule has 100 valence electrons. The molecule has 1 aliphatic rings. The van der Waals surface area contributed by atoms with E-state index in [1.54, 1.807) is 19.9 Å². The zero-order valence-electron chi connectivity index (χ0n) is 11.1. The van der Waals surface area contributed by atoms with Crippen molar-refractivity contribution in [2.24, 2.45) is 0 Å². The van der Waals surface area contributed by atoms with Crippen LogP contribution in [0.15, 0.2) is 18.2 Å². The molecule has 0 fully saturated rings. The Kier molecular flexibility index (Phi) is 3.66. The number of esters is 1. The molecule has 0 spiro atoms. The molecule has 0 unspecified atom stereocenters. The Balaban J connectivity index is 2.25. The third kappa shape index (κ3) is 2.65. The van der Waals surface area contributed by atoms with Crippen LogP contribution in [0.1, 0.15) is 19.4 Å². The Morgan fingerprint density at radius 3 is 2.74 bits per heavy atom. The molecule has 19 heavy (non-hydrogen) atoms. The Morgan fingerprint density at radius 1 is 1.37 bits per heavy atom. The summed E-state index contributed by atoms with van der Waals surface area (Å²) >= 11 is 0. The van der Waals surface area contributed by atoms with E-state index in [9.17, 15) is 4.79 Å². The number of terminal acetylenes is 1. The molecular weight excluding hydrogens is 244 g/mol. The topological polar surface area (TPSA) is 44.8 Å². The van der Waals surface area contributed by atoms with Gasteiger partial charge in [0, 0.05) is 0 Å². The van der Waals surface area contributed by atoms with Crippen molar-refractivity contribution in [3.63, 3.8) is 0 Å². The standard InChI is InChI=1S/C15H16O4/c1-4-7-19-14(16)15(2,3)11-5-6-12-13(10-11)18-9-8-17-12/h1,5-6,10H,7-9H2,2-3H3. The van der Waals surface area contributed by atoms with Gasteiger partial charge in [0.05, 0.1) is 5.41 Å². The van der Waals surface area contributed by atoms with Crippen LogP contribution in [0.2, 0.25) is 0 Å². The van der Waals surface area contributed by atoms with Crippen molar-refractivity contribution in [1.29, 1.82) is 0 Å². The summed E-state index contributed by atoms with van der Waals surface area (Å²) in [4.78, 5) is 12.0. The van der Waals surface area contributed by atoms with E-state index in [2.05, 4.69) is 5.92 Å². The third-order valence-corrected chi connectivity index (χ3v) is 3.06. The molecule has 1 aliphatic heterocycles. The minimum Gasteiger partial charge on any atom is -0.486 e. The van der Waals surface area contributed by atoms with E-state index >= 15 is 0 Å². The summed E-state index contributed by atoms with van der Waals surface area (Å²) in [6, 6.07) is 5.45. The summed E-state index contributed by atoms with van der Waals surface area (Å²) in [7, 11) is 0.